The molecule has 3 aromatic rings. The number of esters is 1. The highest BCUT2D eigenvalue weighted by molar-refractivity contribution is 5.72. The fraction of sp³-hybridized carbons (Fsp3) is 0.484. The summed E-state index contributed by atoms with van der Waals surface area (Å²) in [5, 5.41) is 0. The molecule has 0 fully saturated rings. The SMILES string of the molecule is CCOC(=O)C[C@@](C)(c1ccc(OCc2ccc3c(c2)C(C)(C)CCC3(C)C)cc1)c1cncn1C. The van der Waals surface area contributed by atoms with E-state index in [2.05, 4.69) is 57.8 Å². The molecule has 0 aliphatic heterocycles. The van der Waals surface area contributed by atoms with Crippen LogP contribution < -0.4 is 4.74 Å². The number of fused-ring (bicyclic) bond motifs is 1. The van der Waals surface area contributed by atoms with Crippen LogP contribution in [0.15, 0.2) is 55.0 Å². The maximum atomic E-state index is 12.5. The van der Waals surface area contributed by atoms with Gasteiger partial charge in [-0.2, -0.15) is 0 Å². The zero-order chi connectivity index (χ0) is 26.1. The van der Waals surface area contributed by atoms with Crippen molar-refractivity contribution in [2.75, 3.05) is 6.61 Å². The Labute approximate surface area is 215 Å². The average Bonchev–Trinajstić information content (AvgIpc) is 3.27. The second kappa shape index (κ2) is 9.76. The van der Waals surface area contributed by atoms with E-state index in [0.29, 0.717) is 13.2 Å². The first-order valence-electron chi connectivity index (χ1n) is 13.0. The third-order valence-electron chi connectivity index (χ3n) is 8.00. The molecule has 36 heavy (non-hydrogen) atoms. The number of imidazole rings is 1. The number of carbonyl (C=O) groups is 1. The lowest BCUT2D eigenvalue weighted by atomic mass is 9.63. The van der Waals surface area contributed by atoms with Crippen LogP contribution in [0.5, 0.6) is 5.75 Å². The molecule has 192 valence electrons. The van der Waals surface area contributed by atoms with E-state index >= 15 is 0 Å². The number of aryl methyl sites for hydroxylation is 1. The first-order chi connectivity index (χ1) is 17.0. The molecule has 1 aromatic heterocycles. The molecule has 2 aromatic carbocycles. The van der Waals surface area contributed by atoms with Crippen molar-refractivity contribution in [1.82, 2.24) is 9.55 Å². The van der Waals surface area contributed by atoms with Gasteiger partial charge >= 0.3 is 5.97 Å². The van der Waals surface area contributed by atoms with E-state index in [-0.39, 0.29) is 23.2 Å². The molecular formula is C31H40N2O3. The molecule has 1 aliphatic rings. The van der Waals surface area contributed by atoms with Crippen molar-refractivity contribution in [2.45, 2.75) is 83.7 Å². The normalized spacial score (nSPS) is 17.6. The topological polar surface area (TPSA) is 53.4 Å². The predicted molar refractivity (Wildman–Crippen MR) is 143 cm³/mol. The fourth-order valence-electron chi connectivity index (χ4n) is 5.54. The summed E-state index contributed by atoms with van der Waals surface area (Å²) < 4.78 is 13.4. The van der Waals surface area contributed by atoms with Crippen LogP contribution in [-0.2, 0) is 39.4 Å². The molecule has 0 unspecified atom stereocenters. The molecule has 0 radical (unpaired) electrons. The second-order valence-electron chi connectivity index (χ2n) is 11.7. The number of benzene rings is 2. The van der Waals surface area contributed by atoms with Crippen molar-refractivity contribution in [1.29, 1.82) is 0 Å². The monoisotopic (exact) mass is 488 g/mol. The molecule has 0 N–H and O–H groups in total. The number of nitrogens with zero attached hydrogens (tertiary/aromatic N) is 2. The van der Waals surface area contributed by atoms with Crippen molar-refractivity contribution >= 4 is 5.97 Å². The molecule has 0 saturated carbocycles. The Morgan fingerprint density at radius 1 is 1.03 bits per heavy atom. The summed E-state index contributed by atoms with van der Waals surface area (Å²) in [4.78, 5) is 16.8. The third-order valence-corrected chi connectivity index (χ3v) is 8.00. The summed E-state index contributed by atoms with van der Waals surface area (Å²) in [6.07, 6.45) is 6.23. The van der Waals surface area contributed by atoms with Gasteiger partial charge in [0.25, 0.3) is 0 Å². The lowest BCUT2D eigenvalue weighted by Gasteiger charge is -2.42. The molecular weight excluding hydrogens is 448 g/mol. The Balaban J connectivity index is 1.53. The number of rotatable bonds is 8. The second-order valence-corrected chi connectivity index (χ2v) is 11.7. The minimum absolute atomic E-state index is 0.178. The fourth-order valence-corrected chi connectivity index (χ4v) is 5.54. The molecule has 5 nitrogen and oxygen atoms in total. The molecule has 1 heterocycles. The molecule has 4 rings (SSSR count). The molecule has 1 aliphatic carbocycles. The van der Waals surface area contributed by atoms with Crippen LogP contribution in [0.25, 0.3) is 0 Å². The molecule has 0 saturated heterocycles. The van der Waals surface area contributed by atoms with E-state index in [1.54, 1.807) is 6.33 Å². The Hall–Kier alpha value is -3.08. The van der Waals surface area contributed by atoms with Gasteiger partial charge in [-0.25, -0.2) is 4.98 Å². The summed E-state index contributed by atoms with van der Waals surface area (Å²) >= 11 is 0. The van der Waals surface area contributed by atoms with Crippen molar-refractivity contribution in [2.24, 2.45) is 7.05 Å². The van der Waals surface area contributed by atoms with Gasteiger partial charge in [0.15, 0.2) is 0 Å². The third kappa shape index (κ3) is 5.07. The van der Waals surface area contributed by atoms with E-state index in [1.165, 1.54) is 29.5 Å². The number of carbonyl (C=O) groups excluding carboxylic acids is 1. The van der Waals surface area contributed by atoms with Gasteiger partial charge in [-0.15, -0.1) is 0 Å². The number of ether oxygens (including phenoxy) is 2. The lowest BCUT2D eigenvalue weighted by molar-refractivity contribution is -0.144. The van der Waals surface area contributed by atoms with E-state index in [0.717, 1.165) is 17.0 Å². The van der Waals surface area contributed by atoms with E-state index in [9.17, 15) is 4.79 Å². The largest absolute Gasteiger partial charge is 0.489 e. The quantitative estimate of drug-likeness (QED) is 0.335. The van der Waals surface area contributed by atoms with Gasteiger partial charge in [0.1, 0.15) is 12.4 Å². The van der Waals surface area contributed by atoms with Gasteiger partial charge in [0.05, 0.1) is 19.4 Å². The van der Waals surface area contributed by atoms with Crippen LogP contribution in [0.3, 0.4) is 0 Å². The Morgan fingerprint density at radius 2 is 1.69 bits per heavy atom. The summed E-state index contributed by atoms with van der Waals surface area (Å²) in [7, 11) is 1.95. The minimum atomic E-state index is -0.563. The summed E-state index contributed by atoms with van der Waals surface area (Å²) in [5.74, 6) is 0.583. The van der Waals surface area contributed by atoms with Crippen LogP contribution in [0.2, 0.25) is 0 Å². The van der Waals surface area contributed by atoms with Crippen molar-refractivity contribution in [3.05, 3.63) is 82.9 Å². The van der Waals surface area contributed by atoms with Crippen LogP contribution in [0.1, 0.15) is 88.8 Å². The van der Waals surface area contributed by atoms with Crippen molar-refractivity contribution in [3.63, 3.8) is 0 Å². The predicted octanol–water partition coefficient (Wildman–Crippen LogP) is 6.61. The maximum absolute atomic E-state index is 12.5. The van der Waals surface area contributed by atoms with Gasteiger partial charge in [0.2, 0.25) is 0 Å². The average molecular weight is 489 g/mol. The van der Waals surface area contributed by atoms with Crippen LogP contribution >= 0.6 is 0 Å². The molecule has 0 bridgehead atoms. The highest BCUT2D eigenvalue weighted by Gasteiger charge is 2.37. The smallest absolute Gasteiger partial charge is 0.307 e. The Morgan fingerprint density at radius 3 is 2.31 bits per heavy atom. The molecule has 5 heteroatoms. The number of hydrogen-bond acceptors (Lipinski definition) is 4. The van der Waals surface area contributed by atoms with Gasteiger partial charge in [-0.1, -0.05) is 58.0 Å². The summed E-state index contributed by atoms with van der Waals surface area (Å²) in [5.41, 5.74) is 5.90. The van der Waals surface area contributed by atoms with Gasteiger partial charge in [0, 0.05) is 24.4 Å². The zero-order valence-electron chi connectivity index (χ0n) is 22.9. The summed E-state index contributed by atoms with van der Waals surface area (Å²) in [6.45, 7) is 14.2. The highest BCUT2D eigenvalue weighted by Crippen LogP contribution is 2.46. The minimum Gasteiger partial charge on any atom is -0.489 e. The van der Waals surface area contributed by atoms with Gasteiger partial charge in [-0.05, 0) is 71.9 Å². The van der Waals surface area contributed by atoms with Crippen LogP contribution in [0, 0.1) is 0 Å². The standard InChI is InChI=1S/C31H40N2O3/c1-8-35-28(34)18-31(6,27-19-32-21-33(27)7)23-10-12-24(13-11-23)36-20-22-9-14-25-26(17-22)30(4,5)16-15-29(25,2)3/h9-14,17,19,21H,8,15-16,18,20H2,1-7H3/t31-/m0/s1. The van der Waals surface area contributed by atoms with E-state index in [1.807, 2.05) is 49.0 Å². The molecule has 0 amide bonds. The van der Waals surface area contributed by atoms with Crippen molar-refractivity contribution < 1.29 is 14.3 Å². The van der Waals surface area contributed by atoms with Crippen molar-refractivity contribution in [3.8, 4) is 5.75 Å². The lowest BCUT2D eigenvalue weighted by Crippen LogP contribution is -2.33. The molecule has 0 spiro atoms. The van der Waals surface area contributed by atoms with Gasteiger partial charge < -0.3 is 14.0 Å². The molecule has 1 atom stereocenters. The van der Waals surface area contributed by atoms with E-state index in [4.69, 9.17) is 9.47 Å². The Bertz CT molecular complexity index is 1220. The first-order valence-corrected chi connectivity index (χ1v) is 13.0. The number of hydrogen-bond donors (Lipinski definition) is 0. The van der Waals surface area contributed by atoms with Gasteiger partial charge in [-0.3, -0.25) is 4.79 Å². The Kier molecular flexibility index (Phi) is 7.05. The zero-order valence-corrected chi connectivity index (χ0v) is 22.9. The van der Waals surface area contributed by atoms with Crippen LogP contribution in [-0.4, -0.2) is 22.1 Å². The maximum Gasteiger partial charge on any atom is 0.307 e. The first kappa shape index (κ1) is 26.0. The van der Waals surface area contributed by atoms with Crippen LogP contribution in [0.4, 0.5) is 0 Å². The highest BCUT2D eigenvalue weighted by atomic mass is 16.5. The number of aromatic nitrogens is 2. The van der Waals surface area contributed by atoms with E-state index < -0.39 is 5.41 Å². The summed E-state index contributed by atoms with van der Waals surface area (Å²) in [6, 6.07) is 14.9.